The lowest BCUT2D eigenvalue weighted by Crippen LogP contribution is -2.24. The van der Waals surface area contributed by atoms with Gasteiger partial charge in [0.05, 0.1) is 11.3 Å². The van der Waals surface area contributed by atoms with Crippen molar-refractivity contribution in [3.8, 4) is 0 Å². The third-order valence-electron chi connectivity index (χ3n) is 3.33. The number of aryl methyl sites for hydroxylation is 1. The molecule has 0 amide bonds. The summed E-state index contributed by atoms with van der Waals surface area (Å²) in [5.74, 6) is 0.0823. The summed E-state index contributed by atoms with van der Waals surface area (Å²) < 4.78 is 0. The van der Waals surface area contributed by atoms with E-state index < -0.39 is 0 Å². The van der Waals surface area contributed by atoms with Gasteiger partial charge in [-0.25, -0.2) is 0 Å². The van der Waals surface area contributed by atoms with Gasteiger partial charge in [-0.3, -0.25) is 4.79 Å². The van der Waals surface area contributed by atoms with Crippen LogP contribution in [-0.4, -0.2) is 18.5 Å². The Hall–Kier alpha value is -1.90. The maximum absolute atomic E-state index is 12.1. The lowest BCUT2D eigenvalue weighted by Gasteiger charge is -2.20. The molecule has 0 radical (unpaired) electrons. The van der Waals surface area contributed by atoms with E-state index in [9.17, 15) is 4.79 Å². The minimum atomic E-state index is 0.0823. The van der Waals surface area contributed by atoms with Gasteiger partial charge >= 0.3 is 0 Å². The zero-order chi connectivity index (χ0) is 13.1. The second-order valence-corrected chi connectivity index (χ2v) is 4.57. The summed E-state index contributed by atoms with van der Waals surface area (Å²) >= 11 is 0. The Balaban J connectivity index is 2.59. The van der Waals surface area contributed by atoms with Crippen LogP contribution in [0.3, 0.4) is 0 Å². The molecule has 0 unspecified atom stereocenters. The maximum Gasteiger partial charge on any atom is 0.166 e. The number of Topliss-reactive ketones (excluding diaryl/α,β-unsaturated/α-hetero) is 1. The van der Waals surface area contributed by atoms with Gasteiger partial charge in [0.1, 0.15) is 0 Å². The van der Waals surface area contributed by atoms with E-state index in [1.54, 1.807) is 0 Å². The zero-order valence-corrected chi connectivity index (χ0v) is 10.8. The topological polar surface area (TPSA) is 53.0 Å². The Bertz CT molecular complexity index is 511. The Morgan fingerprint density at radius 3 is 2.61 bits per heavy atom. The molecule has 0 saturated heterocycles. The standard InChI is InChI=1S/C15H18N2O/c1-10-6-3-4-7-11(10)15(17-2)14-12(16)8-5-9-13(14)18/h3-4,6-7,16-17H,5,8-9H2,1-2H3/b15-14+,16-12?. The van der Waals surface area contributed by atoms with Gasteiger partial charge in [0.25, 0.3) is 0 Å². The van der Waals surface area contributed by atoms with Crippen molar-refractivity contribution >= 4 is 17.2 Å². The Labute approximate surface area is 107 Å². The van der Waals surface area contributed by atoms with Crippen molar-refractivity contribution in [2.24, 2.45) is 0 Å². The molecule has 0 spiro atoms. The quantitative estimate of drug-likeness (QED) is 0.783. The third-order valence-corrected chi connectivity index (χ3v) is 3.33. The molecule has 1 aliphatic carbocycles. The molecule has 2 rings (SSSR count). The van der Waals surface area contributed by atoms with E-state index in [0.717, 1.165) is 23.2 Å². The molecular formula is C15H18N2O. The summed E-state index contributed by atoms with van der Waals surface area (Å²) in [7, 11) is 1.81. The molecule has 3 heteroatoms. The highest BCUT2D eigenvalue weighted by Crippen LogP contribution is 2.26. The fourth-order valence-corrected chi connectivity index (χ4v) is 2.38. The van der Waals surface area contributed by atoms with Crippen molar-refractivity contribution in [3.05, 3.63) is 41.0 Å². The normalized spacial score (nSPS) is 18.8. The summed E-state index contributed by atoms with van der Waals surface area (Å²) in [4.78, 5) is 12.1. The van der Waals surface area contributed by atoms with Crippen LogP contribution in [0.15, 0.2) is 29.8 Å². The fraction of sp³-hybridized carbons (Fsp3) is 0.333. The molecule has 1 aromatic carbocycles. The first-order valence-electron chi connectivity index (χ1n) is 6.24. The van der Waals surface area contributed by atoms with Crippen molar-refractivity contribution in [1.82, 2.24) is 5.32 Å². The average molecular weight is 242 g/mol. The van der Waals surface area contributed by atoms with Crippen molar-refractivity contribution in [2.75, 3.05) is 7.05 Å². The molecular weight excluding hydrogens is 224 g/mol. The number of nitrogens with one attached hydrogen (secondary N) is 2. The van der Waals surface area contributed by atoms with Crippen LogP contribution in [0.4, 0.5) is 0 Å². The molecule has 1 aromatic rings. The van der Waals surface area contributed by atoms with E-state index in [4.69, 9.17) is 5.41 Å². The molecule has 1 aliphatic rings. The molecule has 1 fully saturated rings. The van der Waals surface area contributed by atoms with Crippen LogP contribution in [0.1, 0.15) is 30.4 Å². The number of rotatable bonds is 2. The molecule has 18 heavy (non-hydrogen) atoms. The highest BCUT2D eigenvalue weighted by molar-refractivity contribution is 6.27. The average Bonchev–Trinajstić information content (AvgIpc) is 2.35. The molecule has 94 valence electrons. The fourth-order valence-electron chi connectivity index (χ4n) is 2.38. The smallest absolute Gasteiger partial charge is 0.166 e. The van der Waals surface area contributed by atoms with Crippen LogP contribution in [-0.2, 0) is 4.79 Å². The number of allylic oxidation sites excluding steroid dienone is 1. The second kappa shape index (κ2) is 5.17. The summed E-state index contributed by atoms with van der Waals surface area (Å²) in [6, 6.07) is 7.94. The van der Waals surface area contributed by atoms with E-state index in [2.05, 4.69) is 5.32 Å². The molecule has 0 bridgehead atoms. The minimum absolute atomic E-state index is 0.0823. The predicted molar refractivity (Wildman–Crippen MR) is 73.7 cm³/mol. The second-order valence-electron chi connectivity index (χ2n) is 4.57. The van der Waals surface area contributed by atoms with E-state index in [1.807, 2.05) is 38.2 Å². The molecule has 0 heterocycles. The first-order valence-corrected chi connectivity index (χ1v) is 6.24. The van der Waals surface area contributed by atoms with Gasteiger partial charge in [-0.15, -0.1) is 0 Å². The van der Waals surface area contributed by atoms with Crippen molar-refractivity contribution in [3.63, 3.8) is 0 Å². The number of carbonyl (C=O) groups excluding carboxylic acids is 1. The van der Waals surface area contributed by atoms with Gasteiger partial charge in [-0.2, -0.15) is 0 Å². The Morgan fingerprint density at radius 2 is 2.00 bits per heavy atom. The van der Waals surface area contributed by atoms with Crippen molar-refractivity contribution in [1.29, 1.82) is 5.41 Å². The van der Waals surface area contributed by atoms with Gasteiger partial charge in [0.15, 0.2) is 5.78 Å². The molecule has 0 aromatic heterocycles. The van der Waals surface area contributed by atoms with Crippen LogP contribution >= 0.6 is 0 Å². The van der Waals surface area contributed by atoms with E-state index in [0.29, 0.717) is 24.1 Å². The lowest BCUT2D eigenvalue weighted by atomic mass is 9.87. The van der Waals surface area contributed by atoms with E-state index in [1.165, 1.54) is 0 Å². The number of hydrogen-bond donors (Lipinski definition) is 2. The molecule has 2 N–H and O–H groups in total. The Kier molecular flexibility index (Phi) is 3.60. The summed E-state index contributed by atoms with van der Waals surface area (Å²) in [6.07, 6.45) is 2.04. The highest BCUT2D eigenvalue weighted by Gasteiger charge is 2.24. The third kappa shape index (κ3) is 2.21. The van der Waals surface area contributed by atoms with Crippen LogP contribution in [0, 0.1) is 12.3 Å². The molecule has 1 saturated carbocycles. The maximum atomic E-state index is 12.1. The van der Waals surface area contributed by atoms with Gasteiger partial charge in [0, 0.05) is 24.7 Å². The van der Waals surface area contributed by atoms with Crippen LogP contribution in [0.2, 0.25) is 0 Å². The van der Waals surface area contributed by atoms with Gasteiger partial charge in [-0.05, 0) is 25.3 Å². The summed E-state index contributed by atoms with van der Waals surface area (Å²) in [5.41, 5.74) is 3.94. The first kappa shape index (κ1) is 12.6. The number of ketones is 1. The number of carbonyl (C=O) groups is 1. The molecule has 0 aliphatic heterocycles. The van der Waals surface area contributed by atoms with Gasteiger partial charge in [-0.1, -0.05) is 24.3 Å². The zero-order valence-electron chi connectivity index (χ0n) is 10.8. The van der Waals surface area contributed by atoms with Crippen LogP contribution < -0.4 is 5.32 Å². The van der Waals surface area contributed by atoms with Crippen LogP contribution in [0.5, 0.6) is 0 Å². The molecule has 3 nitrogen and oxygen atoms in total. The van der Waals surface area contributed by atoms with Gasteiger partial charge < -0.3 is 10.7 Å². The number of hydrogen-bond acceptors (Lipinski definition) is 3. The van der Waals surface area contributed by atoms with Crippen molar-refractivity contribution in [2.45, 2.75) is 26.2 Å². The summed E-state index contributed by atoms with van der Waals surface area (Å²) in [6.45, 7) is 2.02. The minimum Gasteiger partial charge on any atom is -0.387 e. The van der Waals surface area contributed by atoms with Crippen LogP contribution in [0.25, 0.3) is 5.70 Å². The largest absolute Gasteiger partial charge is 0.387 e. The SMILES string of the molecule is CN/C(=C1\C(=N)CCCC1=O)c1ccccc1C. The van der Waals surface area contributed by atoms with Gasteiger partial charge in [0.2, 0.25) is 0 Å². The predicted octanol–water partition coefficient (Wildman–Crippen LogP) is 2.70. The Morgan fingerprint density at radius 1 is 1.28 bits per heavy atom. The first-order chi connectivity index (χ1) is 8.65. The lowest BCUT2D eigenvalue weighted by molar-refractivity contribution is -0.115. The molecule has 0 atom stereocenters. The van der Waals surface area contributed by atoms with E-state index >= 15 is 0 Å². The summed E-state index contributed by atoms with van der Waals surface area (Å²) in [5, 5.41) is 11.1. The highest BCUT2D eigenvalue weighted by atomic mass is 16.1. The monoisotopic (exact) mass is 242 g/mol. The number of benzene rings is 1. The van der Waals surface area contributed by atoms with E-state index in [-0.39, 0.29) is 5.78 Å². The van der Waals surface area contributed by atoms with Crippen molar-refractivity contribution < 1.29 is 4.79 Å².